The number of anilines is 6. The second-order valence-electron chi connectivity index (χ2n) is 20.2. The maximum absolute atomic E-state index is 2.51. The van der Waals surface area contributed by atoms with Gasteiger partial charge in [-0.3, -0.25) is 0 Å². The van der Waals surface area contributed by atoms with Crippen LogP contribution in [0.3, 0.4) is 0 Å². The number of benzene rings is 11. The monoisotopic (exact) mass is 934 g/mol. The van der Waals surface area contributed by atoms with Crippen LogP contribution in [0.1, 0.15) is 65.8 Å². The van der Waals surface area contributed by atoms with Crippen molar-refractivity contribution in [1.82, 2.24) is 0 Å². The summed E-state index contributed by atoms with van der Waals surface area (Å²) in [5.41, 5.74) is 23.1. The third-order valence-corrected chi connectivity index (χ3v) is 16.3. The smallest absolute Gasteiger partial charge is 0.0726 e. The van der Waals surface area contributed by atoms with Gasteiger partial charge in [0, 0.05) is 34.0 Å². The van der Waals surface area contributed by atoms with Gasteiger partial charge in [0.25, 0.3) is 0 Å². The summed E-state index contributed by atoms with van der Waals surface area (Å²) in [5.74, 6) is 0.625. The fourth-order valence-corrected chi connectivity index (χ4v) is 12.9. The third kappa shape index (κ3) is 7.15. The van der Waals surface area contributed by atoms with E-state index in [4.69, 9.17) is 0 Å². The van der Waals surface area contributed by atoms with Gasteiger partial charge in [-0.15, -0.1) is 0 Å². The zero-order valence-corrected chi connectivity index (χ0v) is 40.8. The van der Waals surface area contributed by atoms with Crippen molar-refractivity contribution in [3.8, 4) is 44.5 Å². The Labute approximate surface area is 429 Å². The first-order valence-electron chi connectivity index (χ1n) is 26.2. The Bertz CT molecular complexity index is 3750. The first kappa shape index (κ1) is 43.1. The van der Waals surface area contributed by atoms with E-state index >= 15 is 0 Å². The lowest BCUT2D eigenvalue weighted by molar-refractivity contribution is 0.443. The van der Waals surface area contributed by atoms with Crippen molar-refractivity contribution in [2.45, 2.75) is 43.4 Å². The van der Waals surface area contributed by atoms with E-state index in [1.165, 1.54) is 115 Å². The average Bonchev–Trinajstić information content (AvgIpc) is 3.94. The molecule has 11 aromatic rings. The van der Waals surface area contributed by atoms with Crippen LogP contribution in [0.25, 0.3) is 55.3 Å². The van der Waals surface area contributed by atoms with Crippen molar-refractivity contribution in [3.05, 3.63) is 289 Å². The molecular weight excluding hydrogens is 881 g/mol. The summed E-state index contributed by atoms with van der Waals surface area (Å²) in [6, 6.07) is 97.5. The van der Waals surface area contributed by atoms with Crippen molar-refractivity contribution in [2.24, 2.45) is 0 Å². The molecule has 0 aliphatic heterocycles. The predicted molar refractivity (Wildman–Crippen MR) is 306 cm³/mol. The lowest BCUT2D eigenvalue weighted by Gasteiger charge is -2.32. The van der Waals surface area contributed by atoms with Crippen molar-refractivity contribution in [2.75, 3.05) is 9.80 Å². The van der Waals surface area contributed by atoms with E-state index in [0.29, 0.717) is 5.92 Å². The summed E-state index contributed by atoms with van der Waals surface area (Å²) < 4.78 is 0. The molecule has 2 nitrogen and oxygen atoms in total. The molecule has 0 N–H and O–H groups in total. The standard InChI is InChI=1S/C71H54N2/c1-4-18-49(19-5-1)51-32-36-56(37-33-51)72(60-44-45-64-63-28-14-17-31-68(63)71(69(64)48-60)66-29-15-12-26-61(66)62-27-13-16-30-67(62)71)57-40-42-59(43-41-57)73(58-38-34-52(35-39-58)50-20-6-2-7-21-50)70-47-55-25-11-10-24-54(55)46-65(70)53-22-8-3-9-23-53/h2-3,6-17,20-49H,1,4-5,18-19H2. The Morgan fingerprint density at radius 3 is 1.29 bits per heavy atom. The fourth-order valence-electron chi connectivity index (χ4n) is 12.9. The number of hydrogen-bond donors (Lipinski definition) is 0. The fraction of sp³-hybridized carbons (Fsp3) is 0.0986. The summed E-state index contributed by atoms with van der Waals surface area (Å²) in [6.07, 6.45) is 6.53. The Hall–Kier alpha value is -8.72. The number of hydrogen-bond acceptors (Lipinski definition) is 2. The molecule has 0 aromatic heterocycles. The van der Waals surface area contributed by atoms with Crippen LogP contribution in [0.2, 0.25) is 0 Å². The predicted octanol–water partition coefficient (Wildman–Crippen LogP) is 19.5. The van der Waals surface area contributed by atoms with E-state index in [-0.39, 0.29) is 0 Å². The quantitative estimate of drug-likeness (QED) is 0.142. The van der Waals surface area contributed by atoms with Gasteiger partial charge in [0.2, 0.25) is 0 Å². The van der Waals surface area contributed by atoms with Crippen LogP contribution in [0, 0.1) is 0 Å². The summed E-state index contributed by atoms with van der Waals surface area (Å²) in [6.45, 7) is 0. The maximum atomic E-state index is 2.51. The topological polar surface area (TPSA) is 6.48 Å². The summed E-state index contributed by atoms with van der Waals surface area (Å²) >= 11 is 0. The van der Waals surface area contributed by atoms with Crippen LogP contribution in [0.15, 0.2) is 261 Å². The van der Waals surface area contributed by atoms with Crippen molar-refractivity contribution >= 4 is 44.9 Å². The van der Waals surface area contributed by atoms with Crippen LogP contribution in [0.4, 0.5) is 34.1 Å². The minimum atomic E-state index is -0.442. The van der Waals surface area contributed by atoms with E-state index in [0.717, 1.165) is 34.1 Å². The molecule has 1 fully saturated rings. The van der Waals surface area contributed by atoms with Gasteiger partial charge >= 0.3 is 0 Å². The second-order valence-corrected chi connectivity index (χ2v) is 20.2. The zero-order valence-electron chi connectivity index (χ0n) is 40.8. The van der Waals surface area contributed by atoms with E-state index in [9.17, 15) is 0 Å². The van der Waals surface area contributed by atoms with Crippen LogP contribution in [0.5, 0.6) is 0 Å². The van der Waals surface area contributed by atoms with E-state index in [2.05, 4.69) is 271 Å². The molecule has 3 aliphatic rings. The normalized spacial score (nSPS) is 14.1. The van der Waals surface area contributed by atoms with Gasteiger partial charge in [-0.1, -0.05) is 207 Å². The molecule has 73 heavy (non-hydrogen) atoms. The molecule has 14 rings (SSSR count). The van der Waals surface area contributed by atoms with Gasteiger partial charge in [-0.05, 0) is 169 Å². The van der Waals surface area contributed by atoms with E-state index in [1.807, 2.05) is 0 Å². The molecule has 0 saturated heterocycles. The highest BCUT2D eigenvalue weighted by molar-refractivity contribution is 6.00. The second kappa shape index (κ2) is 17.8. The molecule has 11 aromatic carbocycles. The first-order chi connectivity index (χ1) is 36.2. The van der Waals surface area contributed by atoms with Crippen LogP contribution in [-0.2, 0) is 5.41 Å². The molecule has 1 spiro atoms. The molecule has 2 heteroatoms. The molecule has 348 valence electrons. The van der Waals surface area contributed by atoms with Crippen molar-refractivity contribution < 1.29 is 0 Å². The van der Waals surface area contributed by atoms with Gasteiger partial charge < -0.3 is 9.80 Å². The minimum Gasteiger partial charge on any atom is -0.310 e. The number of fused-ring (bicyclic) bond motifs is 11. The average molecular weight is 935 g/mol. The molecule has 0 heterocycles. The van der Waals surface area contributed by atoms with Crippen LogP contribution in [-0.4, -0.2) is 0 Å². The largest absolute Gasteiger partial charge is 0.310 e. The Kier molecular flexibility index (Phi) is 10.5. The molecule has 0 radical (unpaired) electrons. The number of nitrogens with zero attached hydrogens (tertiary/aromatic N) is 2. The SMILES string of the molecule is c1ccc(-c2ccc(N(c3ccc(N(c4ccc(C5CCCCC5)cc4)c4ccc5c(c4)C4(c6ccccc6-c6ccccc64)c4ccccc4-5)cc3)c3cc4ccccc4cc3-c3ccccc3)cc2)cc1. The minimum absolute atomic E-state index is 0.442. The molecule has 0 amide bonds. The highest BCUT2D eigenvalue weighted by Gasteiger charge is 2.51. The molecule has 3 aliphatic carbocycles. The lowest BCUT2D eigenvalue weighted by atomic mass is 9.70. The third-order valence-electron chi connectivity index (χ3n) is 16.3. The lowest BCUT2D eigenvalue weighted by Crippen LogP contribution is -2.26. The van der Waals surface area contributed by atoms with Crippen molar-refractivity contribution in [1.29, 1.82) is 0 Å². The summed E-state index contributed by atoms with van der Waals surface area (Å²) in [4.78, 5) is 4.94. The van der Waals surface area contributed by atoms with Gasteiger partial charge in [0.05, 0.1) is 11.1 Å². The molecular formula is C71H54N2. The highest BCUT2D eigenvalue weighted by atomic mass is 15.2. The maximum Gasteiger partial charge on any atom is 0.0726 e. The van der Waals surface area contributed by atoms with E-state index < -0.39 is 5.41 Å². The summed E-state index contributed by atoms with van der Waals surface area (Å²) in [5, 5.41) is 2.42. The zero-order chi connectivity index (χ0) is 48.3. The Balaban J connectivity index is 0.945. The van der Waals surface area contributed by atoms with Gasteiger partial charge in [0.1, 0.15) is 0 Å². The molecule has 0 bridgehead atoms. The highest BCUT2D eigenvalue weighted by Crippen LogP contribution is 2.63. The van der Waals surface area contributed by atoms with Crippen molar-refractivity contribution in [3.63, 3.8) is 0 Å². The molecule has 0 unspecified atom stereocenters. The van der Waals surface area contributed by atoms with Crippen LogP contribution >= 0.6 is 0 Å². The van der Waals surface area contributed by atoms with Gasteiger partial charge in [-0.2, -0.15) is 0 Å². The van der Waals surface area contributed by atoms with Gasteiger partial charge in [0.15, 0.2) is 0 Å². The molecule has 0 atom stereocenters. The first-order valence-corrected chi connectivity index (χ1v) is 26.2. The van der Waals surface area contributed by atoms with Gasteiger partial charge in [-0.25, -0.2) is 0 Å². The van der Waals surface area contributed by atoms with E-state index in [1.54, 1.807) is 0 Å². The molecule has 1 saturated carbocycles. The van der Waals surface area contributed by atoms with Crippen LogP contribution < -0.4 is 9.80 Å². The Morgan fingerprint density at radius 1 is 0.288 bits per heavy atom. The Morgan fingerprint density at radius 2 is 0.712 bits per heavy atom. The summed E-state index contributed by atoms with van der Waals surface area (Å²) in [7, 11) is 0. The number of rotatable bonds is 9.